The molecule has 4 nitrogen and oxygen atoms in total. The summed E-state index contributed by atoms with van der Waals surface area (Å²) < 4.78 is 5.49. The van der Waals surface area contributed by atoms with Gasteiger partial charge in [0.25, 0.3) is 0 Å². The summed E-state index contributed by atoms with van der Waals surface area (Å²) in [6, 6.07) is 9.27. The van der Waals surface area contributed by atoms with E-state index in [-0.39, 0.29) is 40.7 Å². The first-order valence-electron chi connectivity index (χ1n) is 4.77. The Morgan fingerprint density at radius 3 is 2.82 bits per heavy atom. The third-order valence-electron chi connectivity index (χ3n) is 2.36. The Morgan fingerprint density at radius 2 is 2.00 bits per heavy atom. The fraction of sp³-hybridized carbons (Fsp3) is 0. The van der Waals surface area contributed by atoms with Crippen molar-refractivity contribution < 1.29 is 9.52 Å². The maximum absolute atomic E-state index is 11.1. The topological polar surface area (TPSA) is 63.3 Å². The summed E-state index contributed by atoms with van der Waals surface area (Å²) in [6.45, 7) is 0. The number of hydrogen-bond acceptors (Lipinski definition) is 4. The number of benzene rings is 2. The second kappa shape index (κ2) is 4.49. The van der Waals surface area contributed by atoms with E-state index in [0.717, 1.165) is 0 Å². The monoisotopic (exact) mass is 236 g/mol. The molecule has 17 heavy (non-hydrogen) atoms. The second-order valence-corrected chi connectivity index (χ2v) is 3.47. The first-order valence-corrected chi connectivity index (χ1v) is 4.77. The molecular formula is C12H7NNaO3. The van der Waals surface area contributed by atoms with Gasteiger partial charge in [0.2, 0.25) is 0 Å². The first kappa shape index (κ1) is 12.1. The smallest absolute Gasteiger partial charge is 0.182 e. The van der Waals surface area contributed by atoms with Crippen molar-refractivity contribution in [3.63, 3.8) is 0 Å². The molecule has 1 aromatic rings. The fourth-order valence-corrected chi connectivity index (χ4v) is 1.61. The summed E-state index contributed by atoms with van der Waals surface area (Å²) in [5, 5.41) is 9.60. The molecule has 3 rings (SSSR count). The van der Waals surface area contributed by atoms with Gasteiger partial charge in [0, 0.05) is 35.6 Å². The Bertz CT molecular complexity index is 708. The van der Waals surface area contributed by atoms with Crippen molar-refractivity contribution in [3.05, 3.63) is 46.6 Å². The summed E-state index contributed by atoms with van der Waals surface area (Å²) in [7, 11) is 0. The Labute approximate surface area is 119 Å². The van der Waals surface area contributed by atoms with Crippen molar-refractivity contribution in [1.82, 2.24) is 4.98 Å². The number of rotatable bonds is 0. The van der Waals surface area contributed by atoms with Gasteiger partial charge in [-0.3, -0.25) is 4.79 Å². The van der Waals surface area contributed by atoms with Crippen LogP contribution in [0.25, 0.3) is 22.6 Å². The molecular weight excluding hydrogens is 229 g/mol. The van der Waals surface area contributed by atoms with Crippen LogP contribution >= 0.6 is 0 Å². The summed E-state index contributed by atoms with van der Waals surface area (Å²) in [5.74, 6) is 0.486. The van der Waals surface area contributed by atoms with E-state index in [9.17, 15) is 9.90 Å². The minimum atomic E-state index is -0.127. The number of phenols is 1. The summed E-state index contributed by atoms with van der Waals surface area (Å²) in [6.07, 6.45) is 0. The Morgan fingerprint density at radius 1 is 1.18 bits per heavy atom. The van der Waals surface area contributed by atoms with Crippen molar-refractivity contribution in [3.8, 4) is 17.2 Å². The molecule has 1 aliphatic heterocycles. The van der Waals surface area contributed by atoms with E-state index in [0.29, 0.717) is 22.6 Å². The average molecular weight is 236 g/mol. The normalized spacial score (nSPS) is 10.4. The number of aromatic hydroxyl groups is 1. The van der Waals surface area contributed by atoms with E-state index >= 15 is 0 Å². The number of nitrogens with zero attached hydrogens (tertiary/aromatic N) is 1. The van der Waals surface area contributed by atoms with Crippen molar-refractivity contribution in [1.29, 1.82) is 0 Å². The molecule has 0 saturated carbocycles. The standard InChI is InChI=1S/C12H7NO3.Na/c14-7-4-5-8-11(6-7)16-10-3-1-2-9(15)12(10)13-8;/h1-6,15H;. The van der Waals surface area contributed by atoms with Crippen LogP contribution in [0.1, 0.15) is 0 Å². The predicted molar refractivity (Wildman–Crippen MR) is 64.3 cm³/mol. The van der Waals surface area contributed by atoms with E-state index < -0.39 is 0 Å². The van der Waals surface area contributed by atoms with E-state index in [1.807, 2.05) is 0 Å². The molecule has 0 spiro atoms. The molecule has 0 atom stereocenters. The maximum Gasteiger partial charge on any atom is 0.182 e. The molecule has 0 amide bonds. The van der Waals surface area contributed by atoms with Crippen molar-refractivity contribution >= 4 is 40.7 Å². The summed E-state index contributed by atoms with van der Waals surface area (Å²) in [4.78, 5) is 15.4. The molecule has 1 heterocycles. The van der Waals surface area contributed by atoms with Crippen LogP contribution in [0.3, 0.4) is 0 Å². The van der Waals surface area contributed by atoms with Crippen LogP contribution in [0, 0.1) is 0 Å². The van der Waals surface area contributed by atoms with E-state index in [2.05, 4.69) is 4.98 Å². The summed E-state index contributed by atoms with van der Waals surface area (Å²) >= 11 is 0. The molecule has 0 saturated heterocycles. The van der Waals surface area contributed by atoms with E-state index in [1.54, 1.807) is 24.3 Å². The van der Waals surface area contributed by atoms with Gasteiger partial charge in [-0.15, -0.1) is 0 Å². The van der Waals surface area contributed by atoms with Crippen molar-refractivity contribution in [2.24, 2.45) is 0 Å². The summed E-state index contributed by atoms with van der Waals surface area (Å²) in [5.41, 5.74) is 1.28. The van der Waals surface area contributed by atoms with Crippen molar-refractivity contribution in [2.45, 2.75) is 0 Å². The first-order chi connectivity index (χ1) is 7.74. The Kier molecular flexibility index (Phi) is 3.19. The fourth-order valence-electron chi connectivity index (χ4n) is 1.61. The molecule has 0 fully saturated rings. The number of phenolic OH excluding ortho intramolecular Hbond substituents is 1. The minimum Gasteiger partial charge on any atom is -0.506 e. The molecule has 0 unspecified atom stereocenters. The molecule has 79 valence electrons. The predicted octanol–water partition coefficient (Wildman–Crippen LogP) is 1.62. The number of hydrogen-bond donors (Lipinski definition) is 1. The van der Waals surface area contributed by atoms with Crippen LogP contribution < -0.4 is 5.43 Å². The van der Waals surface area contributed by atoms with E-state index in [1.165, 1.54) is 12.1 Å². The molecule has 1 radical (unpaired) electrons. The third-order valence-corrected chi connectivity index (χ3v) is 2.36. The maximum atomic E-state index is 11.1. The van der Waals surface area contributed by atoms with Gasteiger partial charge in [-0.2, -0.15) is 0 Å². The van der Waals surface area contributed by atoms with Crippen LogP contribution in [0.15, 0.2) is 45.6 Å². The van der Waals surface area contributed by atoms with Gasteiger partial charge in [0.15, 0.2) is 16.8 Å². The average Bonchev–Trinajstić information content (AvgIpc) is 2.27. The van der Waals surface area contributed by atoms with Gasteiger partial charge >= 0.3 is 0 Å². The molecule has 1 aliphatic carbocycles. The number of fused-ring (bicyclic) bond motifs is 2. The largest absolute Gasteiger partial charge is 0.506 e. The van der Waals surface area contributed by atoms with Crippen molar-refractivity contribution in [2.75, 3.05) is 0 Å². The molecule has 1 N–H and O–H groups in total. The van der Waals surface area contributed by atoms with Gasteiger partial charge in [-0.1, -0.05) is 6.07 Å². The SMILES string of the molecule is O=c1ccc2nc3c(O)cccc3oc-2c1.[Na]. The molecule has 0 aromatic heterocycles. The van der Waals surface area contributed by atoms with Gasteiger partial charge in [0.05, 0.1) is 0 Å². The zero-order valence-corrected chi connectivity index (χ0v) is 11.2. The van der Waals surface area contributed by atoms with Crippen LogP contribution in [-0.4, -0.2) is 39.6 Å². The van der Waals surface area contributed by atoms with Gasteiger partial charge in [-0.25, -0.2) is 4.98 Å². The quantitative estimate of drug-likeness (QED) is 0.476. The van der Waals surface area contributed by atoms with Gasteiger partial charge in [0.1, 0.15) is 17.0 Å². The third kappa shape index (κ3) is 2.07. The zero-order chi connectivity index (χ0) is 11.1. The number of para-hydroxylation sites is 1. The van der Waals surface area contributed by atoms with Gasteiger partial charge in [-0.05, 0) is 24.3 Å². The van der Waals surface area contributed by atoms with E-state index in [4.69, 9.17) is 4.42 Å². The molecule has 1 aromatic carbocycles. The number of aromatic nitrogens is 1. The van der Waals surface area contributed by atoms with Crippen LogP contribution in [0.5, 0.6) is 5.75 Å². The molecule has 0 bridgehead atoms. The van der Waals surface area contributed by atoms with Crippen LogP contribution in [-0.2, 0) is 0 Å². The Hall–Kier alpha value is -1.36. The second-order valence-electron chi connectivity index (χ2n) is 3.47. The Balaban J connectivity index is 0.00000108. The van der Waals surface area contributed by atoms with Crippen LogP contribution in [0.4, 0.5) is 0 Å². The molecule has 2 aliphatic rings. The zero-order valence-electron chi connectivity index (χ0n) is 9.18. The van der Waals surface area contributed by atoms with Crippen LogP contribution in [0.2, 0.25) is 0 Å². The molecule has 5 heteroatoms. The minimum absolute atomic E-state index is 0. The van der Waals surface area contributed by atoms with Gasteiger partial charge < -0.3 is 9.52 Å².